The fourth-order valence-electron chi connectivity index (χ4n) is 1.73. The van der Waals surface area contributed by atoms with Crippen molar-refractivity contribution >= 4 is 15.9 Å². The molecule has 0 aliphatic rings. The van der Waals surface area contributed by atoms with Gasteiger partial charge in [-0.15, -0.1) is 0 Å². The van der Waals surface area contributed by atoms with E-state index in [1.54, 1.807) is 31.2 Å². The second kappa shape index (κ2) is 4.56. The van der Waals surface area contributed by atoms with Gasteiger partial charge in [-0.05, 0) is 22.9 Å². The van der Waals surface area contributed by atoms with Crippen LogP contribution in [0, 0.1) is 6.92 Å². The Morgan fingerprint density at radius 1 is 1.22 bits per heavy atom. The largest absolute Gasteiger partial charge is 0.316 e. The SMILES string of the molecule is Cc1nn(C)c(Cn2ccn(C)c(=O)c2=O)c1Br. The number of nitrogens with zero attached hydrogens (tertiary/aromatic N) is 4. The van der Waals surface area contributed by atoms with E-state index >= 15 is 0 Å². The molecule has 0 bridgehead atoms. The van der Waals surface area contributed by atoms with Crippen molar-refractivity contribution in [2.75, 3.05) is 0 Å². The molecule has 0 fully saturated rings. The second-order valence-electron chi connectivity index (χ2n) is 4.12. The second-order valence-corrected chi connectivity index (χ2v) is 4.91. The van der Waals surface area contributed by atoms with Crippen molar-refractivity contribution in [3.8, 4) is 0 Å². The molecule has 0 N–H and O–H groups in total. The fraction of sp³-hybridized carbons (Fsp3) is 0.364. The average Bonchev–Trinajstić information content (AvgIpc) is 2.56. The molecule has 0 saturated heterocycles. The quantitative estimate of drug-likeness (QED) is 0.754. The Morgan fingerprint density at radius 3 is 2.44 bits per heavy atom. The number of aromatic nitrogens is 4. The van der Waals surface area contributed by atoms with E-state index in [0.717, 1.165) is 15.9 Å². The highest BCUT2D eigenvalue weighted by molar-refractivity contribution is 9.10. The molecule has 96 valence electrons. The molecule has 2 heterocycles. The van der Waals surface area contributed by atoms with Crippen LogP contribution in [-0.4, -0.2) is 18.9 Å². The van der Waals surface area contributed by atoms with Crippen LogP contribution < -0.4 is 11.1 Å². The number of hydrogen-bond acceptors (Lipinski definition) is 3. The molecule has 0 saturated carbocycles. The zero-order valence-corrected chi connectivity index (χ0v) is 11.9. The summed E-state index contributed by atoms with van der Waals surface area (Å²) in [5, 5.41) is 4.25. The van der Waals surface area contributed by atoms with Crippen molar-refractivity contribution in [1.82, 2.24) is 18.9 Å². The first-order chi connectivity index (χ1) is 8.41. The van der Waals surface area contributed by atoms with Gasteiger partial charge in [-0.1, -0.05) is 0 Å². The normalized spacial score (nSPS) is 10.9. The van der Waals surface area contributed by atoms with Gasteiger partial charge < -0.3 is 9.13 Å². The number of rotatable bonds is 2. The van der Waals surface area contributed by atoms with E-state index in [9.17, 15) is 9.59 Å². The van der Waals surface area contributed by atoms with Crippen molar-refractivity contribution in [1.29, 1.82) is 0 Å². The van der Waals surface area contributed by atoms with E-state index in [-0.39, 0.29) is 0 Å². The summed E-state index contributed by atoms with van der Waals surface area (Å²) >= 11 is 3.43. The van der Waals surface area contributed by atoms with Crippen LogP contribution >= 0.6 is 15.9 Å². The van der Waals surface area contributed by atoms with E-state index in [0.29, 0.717) is 6.54 Å². The monoisotopic (exact) mass is 312 g/mol. The van der Waals surface area contributed by atoms with Crippen LogP contribution in [0.15, 0.2) is 26.5 Å². The third kappa shape index (κ3) is 2.05. The smallest absolute Gasteiger partial charge is 0.312 e. The van der Waals surface area contributed by atoms with E-state index in [1.165, 1.54) is 9.13 Å². The first-order valence-electron chi connectivity index (χ1n) is 5.36. The van der Waals surface area contributed by atoms with Gasteiger partial charge in [0, 0.05) is 26.5 Å². The zero-order valence-electron chi connectivity index (χ0n) is 10.3. The Labute approximate surface area is 112 Å². The highest BCUT2D eigenvalue weighted by atomic mass is 79.9. The maximum absolute atomic E-state index is 11.8. The molecule has 0 spiro atoms. The van der Waals surface area contributed by atoms with E-state index in [1.807, 2.05) is 6.92 Å². The molecule has 7 heteroatoms. The maximum atomic E-state index is 11.8. The maximum Gasteiger partial charge on any atom is 0.316 e. The lowest BCUT2D eigenvalue weighted by Crippen LogP contribution is -2.39. The molecule has 0 aromatic carbocycles. The lowest BCUT2D eigenvalue weighted by atomic mass is 10.3. The fourth-order valence-corrected chi connectivity index (χ4v) is 2.19. The molecule has 2 aromatic rings. The first kappa shape index (κ1) is 12.8. The predicted octanol–water partition coefficient (Wildman–Crippen LogP) is 0.400. The Kier molecular flexibility index (Phi) is 3.25. The van der Waals surface area contributed by atoms with Gasteiger partial charge in [-0.2, -0.15) is 5.10 Å². The summed E-state index contributed by atoms with van der Waals surface area (Å²) in [4.78, 5) is 23.4. The molecule has 0 amide bonds. The third-order valence-electron chi connectivity index (χ3n) is 2.82. The molecular weight excluding hydrogens is 300 g/mol. The van der Waals surface area contributed by atoms with Gasteiger partial charge in [-0.3, -0.25) is 14.3 Å². The minimum absolute atomic E-state index is 0.312. The summed E-state index contributed by atoms with van der Waals surface area (Å²) in [6.07, 6.45) is 3.17. The van der Waals surface area contributed by atoms with E-state index in [4.69, 9.17) is 0 Å². The van der Waals surface area contributed by atoms with Crippen LogP contribution in [0.2, 0.25) is 0 Å². The summed E-state index contributed by atoms with van der Waals surface area (Å²) in [6, 6.07) is 0. The first-order valence-corrected chi connectivity index (χ1v) is 6.15. The molecule has 0 radical (unpaired) electrons. The van der Waals surface area contributed by atoms with Crippen LogP contribution in [0.5, 0.6) is 0 Å². The predicted molar refractivity (Wildman–Crippen MR) is 70.7 cm³/mol. The Morgan fingerprint density at radius 2 is 1.89 bits per heavy atom. The number of hydrogen-bond donors (Lipinski definition) is 0. The minimum Gasteiger partial charge on any atom is -0.312 e. The number of halogens is 1. The topological polar surface area (TPSA) is 61.8 Å². The summed E-state index contributed by atoms with van der Waals surface area (Å²) in [6.45, 7) is 2.19. The van der Waals surface area contributed by atoms with E-state index in [2.05, 4.69) is 21.0 Å². The van der Waals surface area contributed by atoms with Crippen molar-refractivity contribution in [2.24, 2.45) is 14.1 Å². The molecule has 6 nitrogen and oxygen atoms in total. The van der Waals surface area contributed by atoms with Gasteiger partial charge in [0.1, 0.15) is 0 Å². The molecule has 0 aliphatic heterocycles. The Balaban J connectivity index is 2.50. The van der Waals surface area contributed by atoms with Crippen LogP contribution in [-0.2, 0) is 20.6 Å². The molecule has 0 unspecified atom stereocenters. The lowest BCUT2D eigenvalue weighted by Gasteiger charge is -2.07. The molecule has 18 heavy (non-hydrogen) atoms. The zero-order chi connectivity index (χ0) is 13.4. The molecule has 0 aliphatic carbocycles. The highest BCUT2D eigenvalue weighted by Crippen LogP contribution is 2.20. The van der Waals surface area contributed by atoms with Crippen LogP contribution in [0.4, 0.5) is 0 Å². The Hall–Kier alpha value is -1.63. The van der Waals surface area contributed by atoms with Crippen LogP contribution in [0.3, 0.4) is 0 Å². The van der Waals surface area contributed by atoms with Gasteiger partial charge in [0.25, 0.3) is 0 Å². The lowest BCUT2D eigenvalue weighted by molar-refractivity contribution is 0.631. The van der Waals surface area contributed by atoms with Crippen molar-refractivity contribution in [3.63, 3.8) is 0 Å². The summed E-state index contributed by atoms with van der Waals surface area (Å²) in [7, 11) is 3.36. The third-order valence-corrected chi connectivity index (χ3v) is 3.85. The number of aryl methyl sites for hydroxylation is 3. The van der Waals surface area contributed by atoms with Gasteiger partial charge in [0.2, 0.25) is 0 Å². The van der Waals surface area contributed by atoms with Crippen LogP contribution in [0.1, 0.15) is 11.4 Å². The van der Waals surface area contributed by atoms with Gasteiger partial charge in [-0.25, -0.2) is 0 Å². The Bertz CT molecular complexity index is 711. The highest BCUT2D eigenvalue weighted by Gasteiger charge is 2.12. The minimum atomic E-state index is -0.536. The van der Waals surface area contributed by atoms with Gasteiger partial charge in [0.05, 0.1) is 22.4 Å². The molecular formula is C11H13BrN4O2. The van der Waals surface area contributed by atoms with Crippen LogP contribution in [0.25, 0.3) is 0 Å². The van der Waals surface area contributed by atoms with Crippen molar-refractivity contribution in [2.45, 2.75) is 13.5 Å². The molecule has 0 atom stereocenters. The van der Waals surface area contributed by atoms with Gasteiger partial charge in [0.15, 0.2) is 0 Å². The molecule has 2 aromatic heterocycles. The average molecular weight is 313 g/mol. The van der Waals surface area contributed by atoms with Gasteiger partial charge >= 0.3 is 11.1 Å². The van der Waals surface area contributed by atoms with E-state index < -0.39 is 11.1 Å². The molecule has 2 rings (SSSR count). The summed E-state index contributed by atoms with van der Waals surface area (Å²) in [5.41, 5.74) is 0.630. The summed E-state index contributed by atoms with van der Waals surface area (Å²) < 4.78 is 5.20. The summed E-state index contributed by atoms with van der Waals surface area (Å²) in [5.74, 6) is 0. The standard InChI is InChI=1S/C11H13BrN4O2/c1-7-9(12)8(15(3)13-7)6-16-5-4-14(2)10(17)11(16)18/h4-5H,6H2,1-3H3. The van der Waals surface area contributed by atoms with Crippen molar-refractivity contribution in [3.05, 3.63) is 49.0 Å². The van der Waals surface area contributed by atoms with Crippen molar-refractivity contribution < 1.29 is 0 Å².